The van der Waals surface area contributed by atoms with E-state index in [1.54, 1.807) is 0 Å². The molecule has 3 heterocycles. The number of pyridine rings is 3. The zero-order valence-corrected chi connectivity index (χ0v) is 46.8. The molecule has 0 radical (unpaired) electrons. The maximum Gasteiger partial charge on any atom is 3.00 e. The van der Waals surface area contributed by atoms with Crippen molar-refractivity contribution in [3.8, 4) is 66.9 Å². The number of hydrogen-bond donors (Lipinski definition) is 0. The molecule has 0 aliphatic heterocycles. The molecular weight excluding hydrogens is 1110 g/mol. The summed E-state index contributed by atoms with van der Waals surface area (Å²) in [6.07, 6.45) is 3.85. The second kappa shape index (κ2) is 22.6. The van der Waals surface area contributed by atoms with E-state index >= 15 is 0 Å². The van der Waals surface area contributed by atoms with Gasteiger partial charge in [0.15, 0.2) is 0 Å². The van der Waals surface area contributed by atoms with Crippen LogP contribution in [0, 0.1) is 18.2 Å². The molecule has 11 rings (SSSR count). The minimum atomic E-state index is -0.820. The average Bonchev–Trinajstić information content (AvgIpc) is 3.49. The number of rotatable bonds is 14. The van der Waals surface area contributed by atoms with Crippen LogP contribution >= 0.6 is 0 Å². The molecule has 0 saturated carbocycles. The predicted octanol–water partition coefficient (Wildman–Crippen LogP) is 18.2. The van der Waals surface area contributed by atoms with E-state index in [2.05, 4.69) is 266 Å². The van der Waals surface area contributed by atoms with Gasteiger partial charge in [0.1, 0.15) is 0 Å². The molecule has 0 fully saturated rings. The molecular formula is C73H60IrN3. The molecule has 77 heavy (non-hydrogen) atoms. The molecule has 0 aliphatic rings. The van der Waals surface area contributed by atoms with Gasteiger partial charge in [0.2, 0.25) is 0 Å². The third-order valence-corrected chi connectivity index (χ3v) is 15.3. The minimum absolute atomic E-state index is 0. The summed E-state index contributed by atoms with van der Waals surface area (Å²) in [5.74, 6) is 0.573. The Hall–Kier alpha value is -8.14. The van der Waals surface area contributed by atoms with Gasteiger partial charge in [0.25, 0.3) is 0 Å². The quantitative estimate of drug-likeness (QED) is 0.102. The van der Waals surface area contributed by atoms with Crippen LogP contribution in [-0.4, -0.2) is 15.0 Å². The molecule has 3 aromatic heterocycles. The molecule has 3 nitrogen and oxygen atoms in total. The Morgan fingerprint density at radius 3 is 1.49 bits per heavy atom. The molecule has 0 spiro atoms. The summed E-state index contributed by atoms with van der Waals surface area (Å²) in [6.45, 7) is 13.7. The molecule has 8 aromatic carbocycles. The molecule has 0 aliphatic carbocycles. The van der Waals surface area contributed by atoms with Gasteiger partial charge in [-0.15, -0.1) is 52.1 Å². The van der Waals surface area contributed by atoms with Gasteiger partial charge in [-0.3, -0.25) is 15.0 Å². The van der Waals surface area contributed by atoms with Crippen molar-refractivity contribution in [3.63, 3.8) is 0 Å². The Morgan fingerprint density at radius 1 is 0.364 bits per heavy atom. The van der Waals surface area contributed by atoms with Crippen molar-refractivity contribution in [2.75, 3.05) is 0 Å². The van der Waals surface area contributed by atoms with Crippen LogP contribution in [-0.2, 0) is 30.9 Å². The first-order chi connectivity index (χ1) is 37.1. The van der Waals surface area contributed by atoms with E-state index in [1.807, 2.05) is 36.7 Å². The van der Waals surface area contributed by atoms with Gasteiger partial charge in [-0.2, -0.15) is 54.6 Å². The second-order valence-corrected chi connectivity index (χ2v) is 20.8. The fourth-order valence-electron chi connectivity index (χ4n) is 10.8. The zero-order chi connectivity index (χ0) is 52.2. The van der Waals surface area contributed by atoms with Gasteiger partial charge in [-0.05, 0) is 123 Å². The summed E-state index contributed by atoms with van der Waals surface area (Å²) in [7, 11) is 0. The molecule has 376 valence electrons. The standard InChI is InChI=1S/C73H60N3.Ir/c1-50(2)65-45-60(53-25-13-8-14-26-53)46-66(51(3)4)71(65)59-40-42-75-69(48-59)72(5,62-31-17-10-18-32-62)63-33-22-30-58(44-63)67-47-61(54-27-15-9-16-28-54)49-70(76-67)73(6,68-35-19-20-41-74-68)64-34-21-29-57(43-64)56-38-36-55(37-39-56)52-23-11-7-12-24-52;/h7-31,33,35-43,45-51H,1-6H3;/q-3;+3. The van der Waals surface area contributed by atoms with E-state index in [4.69, 9.17) is 15.0 Å². The number of aromatic nitrogens is 3. The van der Waals surface area contributed by atoms with Gasteiger partial charge < -0.3 is 0 Å². The third-order valence-electron chi connectivity index (χ3n) is 15.3. The second-order valence-electron chi connectivity index (χ2n) is 20.8. The van der Waals surface area contributed by atoms with Crippen LogP contribution in [0.25, 0.3) is 66.9 Å². The van der Waals surface area contributed by atoms with Crippen molar-refractivity contribution in [1.29, 1.82) is 0 Å². The van der Waals surface area contributed by atoms with Crippen molar-refractivity contribution in [1.82, 2.24) is 15.0 Å². The van der Waals surface area contributed by atoms with Crippen LogP contribution < -0.4 is 0 Å². The van der Waals surface area contributed by atoms with Gasteiger partial charge in [-0.25, -0.2) is 0 Å². The average molecular weight is 1170 g/mol. The third kappa shape index (κ3) is 10.4. The van der Waals surface area contributed by atoms with Crippen molar-refractivity contribution >= 4 is 0 Å². The Bertz CT molecular complexity index is 3740. The van der Waals surface area contributed by atoms with Gasteiger partial charge in [0.05, 0.1) is 16.8 Å². The van der Waals surface area contributed by atoms with Gasteiger partial charge >= 0.3 is 20.1 Å². The van der Waals surface area contributed by atoms with Crippen LogP contribution in [0.1, 0.15) is 98.3 Å². The van der Waals surface area contributed by atoms with E-state index in [1.165, 1.54) is 38.9 Å². The first-order valence-corrected chi connectivity index (χ1v) is 26.5. The summed E-state index contributed by atoms with van der Waals surface area (Å²) in [4.78, 5) is 16.0. The number of hydrogen-bond acceptors (Lipinski definition) is 3. The van der Waals surface area contributed by atoms with E-state index in [-0.39, 0.29) is 31.9 Å². The van der Waals surface area contributed by atoms with E-state index < -0.39 is 10.8 Å². The molecule has 4 heteroatoms. The largest absolute Gasteiger partial charge is 3.00 e. The molecule has 0 bridgehead atoms. The Labute approximate surface area is 469 Å². The number of nitrogens with zero attached hydrogens (tertiary/aromatic N) is 3. The first kappa shape index (κ1) is 52.3. The van der Waals surface area contributed by atoms with Crippen molar-refractivity contribution < 1.29 is 20.1 Å². The van der Waals surface area contributed by atoms with E-state index in [0.717, 1.165) is 72.8 Å². The smallest absolute Gasteiger partial charge is 0.300 e. The van der Waals surface area contributed by atoms with Gasteiger partial charge in [-0.1, -0.05) is 167 Å². The van der Waals surface area contributed by atoms with Crippen LogP contribution in [0.4, 0.5) is 0 Å². The normalized spacial score (nSPS) is 12.9. The number of benzene rings is 8. The fourth-order valence-corrected chi connectivity index (χ4v) is 10.8. The minimum Gasteiger partial charge on any atom is -0.300 e. The summed E-state index contributed by atoms with van der Waals surface area (Å²) in [5, 5.41) is 0. The van der Waals surface area contributed by atoms with Crippen molar-refractivity contribution in [2.45, 2.75) is 64.2 Å². The topological polar surface area (TPSA) is 38.7 Å². The predicted molar refractivity (Wildman–Crippen MR) is 314 cm³/mol. The maximum atomic E-state index is 5.69. The van der Waals surface area contributed by atoms with Crippen LogP contribution in [0.3, 0.4) is 0 Å². The summed E-state index contributed by atoms with van der Waals surface area (Å²) >= 11 is 0. The van der Waals surface area contributed by atoms with Crippen LogP contribution in [0.15, 0.2) is 243 Å². The fraction of sp³-hybridized carbons (Fsp3) is 0.137. The SMILES string of the molecule is CC(C)c1cc(-c2ccccc2)cc(C(C)C)c1-c1ccnc(C(C)(c2[c-]cccc2)c2[c-]c(-c3cc(-c4ccccc4)cc(C(C)(c4[c-]ccc(-c5ccc(-c6ccccc6)cc5)c4)c4ccccn4)n3)ccc2)c1.[Ir+3]. The van der Waals surface area contributed by atoms with Gasteiger partial charge in [0, 0.05) is 23.5 Å². The maximum absolute atomic E-state index is 5.69. The van der Waals surface area contributed by atoms with Crippen LogP contribution in [0.5, 0.6) is 0 Å². The summed E-state index contributed by atoms with van der Waals surface area (Å²) in [5.41, 5.74) is 19.9. The summed E-state index contributed by atoms with van der Waals surface area (Å²) in [6, 6.07) is 92.9. The van der Waals surface area contributed by atoms with Crippen molar-refractivity contribution in [2.24, 2.45) is 0 Å². The molecule has 0 N–H and O–H groups in total. The molecule has 0 saturated heterocycles. The van der Waals surface area contributed by atoms with E-state index in [0.29, 0.717) is 0 Å². The molecule has 11 aromatic rings. The Balaban J connectivity index is 0.00000672. The Morgan fingerprint density at radius 2 is 0.896 bits per heavy atom. The van der Waals surface area contributed by atoms with E-state index in [9.17, 15) is 0 Å². The molecule has 0 amide bonds. The molecule has 2 atom stereocenters. The zero-order valence-electron chi connectivity index (χ0n) is 44.4. The Kier molecular flexibility index (Phi) is 15.4. The van der Waals surface area contributed by atoms with Crippen LogP contribution in [0.2, 0.25) is 0 Å². The summed E-state index contributed by atoms with van der Waals surface area (Å²) < 4.78 is 0. The monoisotopic (exact) mass is 1170 g/mol. The first-order valence-electron chi connectivity index (χ1n) is 26.5. The van der Waals surface area contributed by atoms with Crippen molar-refractivity contribution in [3.05, 3.63) is 306 Å². The molecule has 2 unspecified atom stereocenters.